The molecule has 0 saturated carbocycles. The quantitative estimate of drug-likeness (QED) is 0.500. The Hall–Kier alpha value is -1.58. The number of unbranched alkanes of at least 4 members (excludes halogenated alkanes) is 7. The van der Waals surface area contributed by atoms with Crippen LogP contribution in [0.2, 0.25) is 0 Å². The average molecular weight is 294 g/mol. The van der Waals surface area contributed by atoms with E-state index in [1.54, 1.807) is 0 Å². The summed E-state index contributed by atoms with van der Waals surface area (Å²) in [6.07, 6.45) is 9.74. The number of hydrogen-bond acceptors (Lipinski definition) is 2. The van der Waals surface area contributed by atoms with Crippen LogP contribution in [0.3, 0.4) is 0 Å². The third-order valence-corrected chi connectivity index (χ3v) is 3.55. The number of hydrogen-bond donors (Lipinski definition) is 2. The Bertz CT molecular complexity index is 435. The molecule has 0 aliphatic heterocycles. The highest BCUT2D eigenvalue weighted by atomic mass is 19.1. The maximum Gasteiger partial charge on any atom is 0.254 e. The summed E-state index contributed by atoms with van der Waals surface area (Å²) in [5, 5.41) is 2.75. The van der Waals surface area contributed by atoms with Crippen LogP contribution in [0.15, 0.2) is 18.2 Å². The Morgan fingerprint density at radius 1 is 1.10 bits per heavy atom. The van der Waals surface area contributed by atoms with E-state index >= 15 is 0 Å². The van der Waals surface area contributed by atoms with E-state index in [0.717, 1.165) is 12.8 Å². The van der Waals surface area contributed by atoms with Gasteiger partial charge in [0.05, 0.1) is 5.56 Å². The van der Waals surface area contributed by atoms with Gasteiger partial charge in [0.25, 0.3) is 5.91 Å². The number of nitrogens with two attached hydrogens (primary N) is 1. The Morgan fingerprint density at radius 3 is 2.33 bits per heavy atom. The molecule has 1 aromatic rings. The molecule has 1 amide bonds. The molecule has 21 heavy (non-hydrogen) atoms. The molecule has 0 fully saturated rings. The fourth-order valence-electron chi connectivity index (χ4n) is 2.27. The first-order chi connectivity index (χ1) is 10.1. The van der Waals surface area contributed by atoms with Gasteiger partial charge >= 0.3 is 0 Å². The highest BCUT2D eigenvalue weighted by Crippen LogP contribution is 2.12. The Morgan fingerprint density at radius 2 is 1.71 bits per heavy atom. The highest BCUT2D eigenvalue weighted by Gasteiger charge is 2.10. The van der Waals surface area contributed by atoms with Crippen LogP contribution in [0.4, 0.5) is 10.1 Å². The van der Waals surface area contributed by atoms with Gasteiger partial charge < -0.3 is 11.1 Å². The summed E-state index contributed by atoms with van der Waals surface area (Å²) in [6.45, 7) is 2.81. The molecule has 118 valence electrons. The van der Waals surface area contributed by atoms with Crippen molar-refractivity contribution in [3.05, 3.63) is 29.6 Å². The second kappa shape index (κ2) is 10.2. The molecule has 4 heteroatoms. The van der Waals surface area contributed by atoms with Crippen LogP contribution in [-0.4, -0.2) is 12.5 Å². The molecule has 3 nitrogen and oxygen atoms in total. The summed E-state index contributed by atoms with van der Waals surface area (Å²) >= 11 is 0. The first kappa shape index (κ1) is 17.5. The van der Waals surface area contributed by atoms with Crippen molar-refractivity contribution in [2.24, 2.45) is 0 Å². The number of carbonyl (C=O) groups excluding carboxylic acids is 1. The zero-order valence-corrected chi connectivity index (χ0v) is 13.0. The van der Waals surface area contributed by atoms with Gasteiger partial charge in [-0.05, 0) is 24.6 Å². The predicted molar refractivity (Wildman–Crippen MR) is 85.8 cm³/mol. The lowest BCUT2D eigenvalue weighted by atomic mass is 10.1. The Labute approximate surface area is 127 Å². The van der Waals surface area contributed by atoms with E-state index in [4.69, 9.17) is 5.73 Å². The zero-order valence-electron chi connectivity index (χ0n) is 13.0. The van der Waals surface area contributed by atoms with Crippen molar-refractivity contribution in [1.82, 2.24) is 5.32 Å². The van der Waals surface area contributed by atoms with Crippen molar-refractivity contribution in [2.75, 3.05) is 12.3 Å². The fraction of sp³-hybridized carbons (Fsp3) is 0.588. The van der Waals surface area contributed by atoms with Gasteiger partial charge in [0.15, 0.2) is 0 Å². The lowest BCUT2D eigenvalue weighted by Crippen LogP contribution is -2.25. The average Bonchev–Trinajstić information content (AvgIpc) is 2.45. The second-order valence-electron chi connectivity index (χ2n) is 5.47. The van der Waals surface area contributed by atoms with Crippen molar-refractivity contribution in [3.8, 4) is 0 Å². The summed E-state index contributed by atoms with van der Waals surface area (Å²) in [5.74, 6) is -0.932. The van der Waals surface area contributed by atoms with Gasteiger partial charge in [-0.25, -0.2) is 4.39 Å². The van der Waals surface area contributed by atoms with Crippen LogP contribution in [0.5, 0.6) is 0 Å². The molecule has 0 unspecified atom stereocenters. The van der Waals surface area contributed by atoms with Gasteiger partial charge in [-0.1, -0.05) is 51.9 Å². The standard InChI is InChI=1S/C17H27FN2O/c1-2-3-4-5-6-7-8-9-12-20-17(21)15-11-10-14(19)13-16(15)18/h10-11,13H,2-9,12,19H2,1H3,(H,20,21). The molecule has 1 rings (SSSR count). The minimum atomic E-state index is -0.566. The smallest absolute Gasteiger partial charge is 0.254 e. The Kier molecular flexibility index (Phi) is 8.48. The van der Waals surface area contributed by atoms with Crippen molar-refractivity contribution in [1.29, 1.82) is 0 Å². The number of nitrogen functional groups attached to an aromatic ring is 1. The summed E-state index contributed by atoms with van der Waals surface area (Å²) in [5.41, 5.74) is 5.84. The molecule has 0 radical (unpaired) electrons. The Balaban J connectivity index is 2.11. The molecular formula is C17H27FN2O. The molecule has 0 spiro atoms. The number of carbonyl (C=O) groups is 1. The maximum atomic E-state index is 13.5. The summed E-state index contributed by atoms with van der Waals surface area (Å²) < 4.78 is 13.5. The molecule has 0 aromatic heterocycles. The molecule has 0 aliphatic carbocycles. The highest BCUT2D eigenvalue weighted by molar-refractivity contribution is 5.94. The topological polar surface area (TPSA) is 55.1 Å². The van der Waals surface area contributed by atoms with Crippen LogP contribution < -0.4 is 11.1 Å². The van der Waals surface area contributed by atoms with Crippen molar-refractivity contribution < 1.29 is 9.18 Å². The lowest BCUT2D eigenvalue weighted by Gasteiger charge is -2.06. The van der Waals surface area contributed by atoms with Crippen LogP contribution in [0, 0.1) is 5.82 Å². The van der Waals surface area contributed by atoms with Gasteiger partial charge in [0, 0.05) is 12.2 Å². The number of nitrogens with one attached hydrogen (secondary N) is 1. The second-order valence-corrected chi connectivity index (χ2v) is 5.47. The van der Waals surface area contributed by atoms with Crippen LogP contribution in [0.1, 0.15) is 68.6 Å². The molecule has 1 aromatic carbocycles. The van der Waals surface area contributed by atoms with Gasteiger partial charge in [0.1, 0.15) is 5.82 Å². The van der Waals surface area contributed by atoms with E-state index in [1.165, 1.54) is 56.7 Å². The first-order valence-corrected chi connectivity index (χ1v) is 7.98. The molecule has 3 N–H and O–H groups in total. The number of rotatable bonds is 10. The van der Waals surface area contributed by atoms with E-state index in [0.29, 0.717) is 12.2 Å². The fourth-order valence-corrected chi connectivity index (χ4v) is 2.27. The van der Waals surface area contributed by atoms with Gasteiger partial charge in [-0.3, -0.25) is 4.79 Å². The summed E-state index contributed by atoms with van der Waals surface area (Å²) in [7, 11) is 0. The van der Waals surface area contributed by atoms with E-state index in [-0.39, 0.29) is 11.5 Å². The first-order valence-electron chi connectivity index (χ1n) is 7.98. The largest absolute Gasteiger partial charge is 0.399 e. The third kappa shape index (κ3) is 7.11. The molecule has 0 heterocycles. The van der Waals surface area contributed by atoms with Gasteiger partial charge in [-0.2, -0.15) is 0 Å². The minimum Gasteiger partial charge on any atom is -0.399 e. The molecular weight excluding hydrogens is 267 g/mol. The third-order valence-electron chi connectivity index (χ3n) is 3.55. The van der Waals surface area contributed by atoms with Crippen molar-refractivity contribution in [3.63, 3.8) is 0 Å². The summed E-state index contributed by atoms with van der Waals surface area (Å²) in [4.78, 5) is 11.8. The van der Waals surface area contributed by atoms with E-state index in [1.807, 2.05) is 0 Å². The van der Waals surface area contributed by atoms with Gasteiger partial charge in [-0.15, -0.1) is 0 Å². The van der Waals surface area contributed by atoms with Gasteiger partial charge in [0.2, 0.25) is 0 Å². The summed E-state index contributed by atoms with van der Waals surface area (Å²) in [6, 6.07) is 4.13. The number of amides is 1. The minimum absolute atomic E-state index is 0.0590. The normalized spacial score (nSPS) is 10.6. The van der Waals surface area contributed by atoms with Crippen LogP contribution in [0.25, 0.3) is 0 Å². The predicted octanol–water partition coefficient (Wildman–Crippen LogP) is 4.28. The van der Waals surface area contributed by atoms with Crippen LogP contribution >= 0.6 is 0 Å². The number of anilines is 1. The molecule has 0 aliphatic rings. The SMILES string of the molecule is CCCCCCCCCCNC(=O)c1ccc(N)cc1F. The molecule has 0 saturated heterocycles. The van der Waals surface area contributed by atoms with Crippen LogP contribution in [-0.2, 0) is 0 Å². The number of halogens is 1. The van der Waals surface area contributed by atoms with Crippen molar-refractivity contribution >= 4 is 11.6 Å². The molecule has 0 atom stereocenters. The maximum absolute atomic E-state index is 13.5. The van der Waals surface area contributed by atoms with E-state index in [9.17, 15) is 9.18 Å². The monoisotopic (exact) mass is 294 g/mol. The van der Waals surface area contributed by atoms with Crippen molar-refractivity contribution in [2.45, 2.75) is 58.3 Å². The zero-order chi connectivity index (χ0) is 15.5. The lowest BCUT2D eigenvalue weighted by molar-refractivity contribution is 0.0949. The van der Waals surface area contributed by atoms with E-state index < -0.39 is 5.82 Å². The van der Waals surface area contributed by atoms with E-state index in [2.05, 4.69) is 12.2 Å². The number of benzene rings is 1. The molecule has 0 bridgehead atoms.